The second kappa shape index (κ2) is 4.49. The molecular weight excluding hydrogens is 214 g/mol. The molecule has 1 aliphatic heterocycles. The van der Waals surface area contributed by atoms with Crippen LogP contribution in [0.5, 0.6) is 0 Å². The van der Waals surface area contributed by atoms with E-state index in [2.05, 4.69) is 31.8 Å². The minimum absolute atomic E-state index is 0.600. The molecule has 2 heterocycles. The predicted octanol–water partition coefficient (Wildman–Crippen LogP) is 0.849. The van der Waals surface area contributed by atoms with E-state index in [4.69, 9.17) is 0 Å². The van der Waals surface area contributed by atoms with E-state index >= 15 is 0 Å². The van der Waals surface area contributed by atoms with Gasteiger partial charge in [-0.05, 0) is 26.3 Å². The molecule has 0 radical (unpaired) electrons. The number of likely N-dealkylation sites (N-methyl/N-ethyl adjacent to an activating group) is 1. The highest BCUT2D eigenvalue weighted by Gasteiger charge is 2.24. The first-order valence-electron chi connectivity index (χ1n) is 6.36. The van der Waals surface area contributed by atoms with Crippen molar-refractivity contribution in [2.24, 2.45) is 0 Å². The summed E-state index contributed by atoms with van der Waals surface area (Å²) >= 11 is 0. The van der Waals surface area contributed by atoms with E-state index in [1.807, 2.05) is 13.2 Å². The normalized spacial score (nSPS) is 24.1. The smallest absolute Gasteiger partial charge is 0.150 e. The van der Waals surface area contributed by atoms with Crippen molar-refractivity contribution < 1.29 is 0 Å². The van der Waals surface area contributed by atoms with Crippen molar-refractivity contribution in [3.63, 3.8) is 0 Å². The Morgan fingerprint density at radius 1 is 1.29 bits per heavy atom. The maximum Gasteiger partial charge on any atom is 0.150 e. The van der Waals surface area contributed by atoms with E-state index in [-0.39, 0.29) is 0 Å². The number of hydrogen-bond donors (Lipinski definition) is 2. The summed E-state index contributed by atoms with van der Waals surface area (Å²) in [4.78, 5) is 2.37. The Balaban J connectivity index is 1.69. The zero-order chi connectivity index (χ0) is 11.7. The summed E-state index contributed by atoms with van der Waals surface area (Å²) in [6, 6.07) is 3.34. The van der Waals surface area contributed by atoms with Crippen LogP contribution in [0.1, 0.15) is 19.3 Å². The molecule has 1 aromatic rings. The van der Waals surface area contributed by atoms with Gasteiger partial charge in [-0.15, -0.1) is 5.10 Å². The number of rotatable bonds is 4. The van der Waals surface area contributed by atoms with Crippen molar-refractivity contribution in [1.29, 1.82) is 0 Å². The lowest BCUT2D eigenvalue weighted by Gasteiger charge is -2.18. The van der Waals surface area contributed by atoms with E-state index in [9.17, 15) is 0 Å². The van der Waals surface area contributed by atoms with Crippen molar-refractivity contribution in [3.8, 4) is 0 Å². The monoisotopic (exact) mass is 233 g/mol. The molecule has 1 aliphatic carbocycles. The Kier molecular flexibility index (Phi) is 2.84. The van der Waals surface area contributed by atoms with E-state index in [0.29, 0.717) is 12.1 Å². The van der Waals surface area contributed by atoms with Crippen LogP contribution in [0.2, 0.25) is 0 Å². The fourth-order valence-corrected chi connectivity index (χ4v) is 2.27. The summed E-state index contributed by atoms with van der Waals surface area (Å²) in [7, 11) is 2.03. The van der Waals surface area contributed by atoms with Gasteiger partial charge in [-0.25, -0.2) is 0 Å². The molecule has 0 unspecified atom stereocenters. The van der Waals surface area contributed by atoms with Crippen LogP contribution < -0.4 is 15.5 Å². The van der Waals surface area contributed by atoms with Crippen LogP contribution in [0, 0.1) is 0 Å². The van der Waals surface area contributed by atoms with E-state index in [1.165, 1.54) is 24.9 Å². The lowest BCUT2D eigenvalue weighted by atomic mass is 10.3. The van der Waals surface area contributed by atoms with Crippen molar-refractivity contribution in [1.82, 2.24) is 15.5 Å². The first-order chi connectivity index (χ1) is 8.35. The SMILES string of the molecule is CN[C@H]1CCN(c2cnnc(NC3CC3)c2)C1. The lowest BCUT2D eigenvalue weighted by molar-refractivity contribution is 0.617. The highest BCUT2D eigenvalue weighted by atomic mass is 15.2. The van der Waals surface area contributed by atoms with Crippen LogP contribution in [0.15, 0.2) is 12.3 Å². The van der Waals surface area contributed by atoms with Crippen LogP contribution >= 0.6 is 0 Å². The second-order valence-electron chi connectivity index (χ2n) is 4.94. The van der Waals surface area contributed by atoms with Gasteiger partial charge in [0.25, 0.3) is 0 Å². The van der Waals surface area contributed by atoms with Gasteiger partial charge in [-0.1, -0.05) is 0 Å². The molecular formula is C12H19N5. The molecule has 2 aliphatic rings. The van der Waals surface area contributed by atoms with Crippen LogP contribution in [-0.2, 0) is 0 Å². The van der Waals surface area contributed by atoms with Crippen molar-refractivity contribution in [3.05, 3.63) is 12.3 Å². The van der Waals surface area contributed by atoms with Gasteiger partial charge >= 0.3 is 0 Å². The van der Waals surface area contributed by atoms with E-state index in [1.54, 1.807) is 0 Å². The van der Waals surface area contributed by atoms with Crippen LogP contribution in [0.3, 0.4) is 0 Å². The number of aromatic nitrogens is 2. The molecule has 5 heteroatoms. The number of nitrogens with zero attached hydrogens (tertiary/aromatic N) is 3. The molecule has 2 N–H and O–H groups in total. The van der Waals surface area contributed by atoms with E-state index < -0.39 is 0 Å². The third-order valence-corrected chi connectivity index (χ3v) is 3.53. The second-order valence-corrected chi connectivity index (χ2v) is 4.94. The first kappa shape index (κ1) is 10.8. The molecule has 1 atom stereocenters. The zero-order valence-corrected chi connectivity index (χ0v) is 10.2. The van der Waals surface area contributed by atoms with Gasteiger partial charge in [0.05, 0.1) is 11.9 Å². The van der Waals surface area contributed by atoms with Gasteiger partial charge in [-0.2, -0.15) is 5.10 Å². The standard InChI is InChI=1S/C12H19N5/c1-13-10-4-5-17(8-10)11-6-12(16-14-7-11)15-9-2-3-9/h6-7,9-10,13H,2-5,8H2,1H3,(H,15,16)/t10-/m0/s1. The molecule has 0 bridgehead atoms. The topological polar surface area (TPSA) is 53.1 Å². The molecule has 1 aromatic heterocycles. The van der Waals surface area contributed by atoms with Gasteiger partial charge in [-0.3, -0.25) is 0 Å². The largest absolute Gasteiger partial charge is 0.369 e. The van der Waals surface area contributed by atoms with Crippen LogP contribution in [0.25, 0.3) is 0 Å². The Morgan fingerprint density at radius 2 is 2.18 bits per heavy atom. The Bertz CT molecular complexity index is 390. The Hall–Kier alpha value is -1.36. The number of nitrogens with one attached hydrogen (secondary N) is 2. The summed E-state index contributed by atoms with van der Waals surface area (Å²) in [5, 5.41) is 14.9. The zero-order valence-electron chi connectivity index (χ0n) is 10.2. The summed E-state index contributed by atoms with van der Waals surface area (Å²) in [6.45, 7) is 2.16. The van der Waals surface area contributed by atoms with Gasteiger partial charge < -0.3 is 15.5 Å². The molecule has 92 valence electrons. The Morgan fingerprint density at radius 3 is 2.88 bits per heavy atom. The molecule has 3 rings (SSSR count). The number of hydrogen-bond acceptors (Lipinski definition) is 5. The van der Waals surface area contributed by atoms with E-state index in [0.717, 1.165) is 18.9 Å². The van der Waals surface area contributed by atoms with Gasteiger partial charge in [0.2, 0.25) is 0 Å². The molecule has 5 nitrogen and oxygen atoms in total. The maximum atomic E-state index is 4.13. The molecule has 0 spiro atoms. The van der Waals surface area contributed by atoms with Crippen molar-refractivity contribution >= 4 is 11.5 Å². The maximum absolute atomic E-state index is 4.13. The molecule has 1 saturated carbocycles. The average Bonchev–Trinajstić information content (AvgIpc) is 3.04. The highest BCUT2D eigenvalue weighted by molar-refractivity contribution is 5.53. The predicted molar refractivity (Wildman–Crippen MR) is 68.4 cm³/mol. The van der Waals surface area contributed by atoms with Gasteiger partial charge in [0, 0.05) is 31.2 Å². The van der Waals surface area contributed by atoms with Gasteiger partial charge in [0.15, 0.2) is 5.82 Å². The Labute approximate surface area is 102 Å². The average molecular weight is 233 g/mol. The third-order valence-electron chi connectivity index (χ3n) is 3.53. The van der Waals surface area contributed by atoms with Gasteiger partial charge in [0.1, 0.15) is 0 Å². The minimum Gasteiger partial charge on any atom is -0.369 e. The van der Waals surface area contributed by atoms with Crippen molar-refractivity contribution in [2.45, 2.75) is 31.3 Å². The molecule has 0 amide bonds. The van der Waals surface area contributed by atoms with Crippen LogP contribution in [-0.4, -0.2) is 42.4 Å². The fourth-order valence-electron chi connectivity index (χ4n) is 2.27. The summed E-state index contributed by atoms with van der Waals surface area (Å²) in [5.41, 5.74) is 1.18. The minimum atomic E-state index is 0.600. The first-order valence-corrected chi connectivity index (χ1v) is 6.36. The summed E-state index contributed by atoms with van der Waals surface area (Å²) in [5.74, 6) is 0.915. The molecule has 0 aromatic carbocycles. The quantitative estimate of drug-likeness (QED) is 0.807. The number of anilines is 2. The molecule has 1 saturated heterocycles. The fraction of sp³-hybridized carbons (Fsp3) is 0.667. The summed E-state index contributed by atoms with van der Waals surface area (Å²) < 4.78 is 0. The molecule has 17 heavy (non-hydrogen) atoms. The summed E-state index contributed by atoms with van der Waals surface area (Å²) in [6.07, 6.45) is 5.58. The van der Waals surface area contributed by atoms with Crippen LogP contribution in [0.4, 0.5) is 11.5 Å². The lowest BCUT2D eigenvalue weighted by Crippen LogP contribution is -2.29. The van der Waals surface area contributed by atoms with Crippen molar-refractivity contribution in [2.75, 3.05) is 30.4 Å². The highest BCUT2D eigenvalue weighted by Crippen LogP contribution is 2.26. The third kappa shape index (κ3) is 2.49. The molecule has 2 fully saturated rings.